The van der Waals surface area contributed by atoms with Gasteiger partial charge in [-0.2, -0.15) is 0 Å². The zero-order valence-corrected chi connectivity index (χ0v) is 12.9. The molecular formula is C16H18ClN3O2. The van der Waals surface area contributed by atoms with Crippen molar-refractivity contribution in [3.8, 4) is 0 Å². The number of ether oxygens (including phenoxy) is 1. The van der Waals surface area contributed by atoms with Crippen LogP contribution in [0.1, 0.15) is 12.8 Å². The van der Waals surface area contributed by atoms with Gasteiger partial charge >= 0.3 is 0 Å². The van der Waals surface area contributed by atoms with Gasteiger partial charge in [-0.3, -0.25) is 4.79 Å². The first-order valence-electron chi connectivity index (χ1n) is 7.28. The lowest BCUT2D eigenvalue weighted by atomic mass is 9.79. The van der Waals surface area contributed by atoms with Gasteiger partial charge in [0, 0.05) is 25.1 Å². The van der Waals surface area contributed by atoms with Crippen LogP contribution in [0.25, 0.3) is 10.8 Å². The summed E-state index contributed by atoms with van der Waals surface area (Å²) in [6, 6.07) is 9.71. The molecule has 0 unspecified atom stereocenters. The molecule has 1 aliphatic rings. The number of nitrogens with one attached hydrogen (secondary N) is 1. The Balaban J connectivity index is 1.82. The Kier molecular flexibility index (Phi) is 4.18. The summed E-state index contributed by atoms with van der Waals surface area (Å²) in [6.07, 6.45) is 1.24. The number of hydrogen-bond donors (Lipinski definition) is 2. The van der Waals surface area contributed by atoms with E-state index in [1.807, 2.05) is 30.3 Å². The van der Waals surface area contributed by atoms with E-state index in [1.165, 1.54) is 0 Å². The van der Waals surface area contributed by atoms with Gasteiger partial charge in [0.1, 0.15) is 11.0 Å². The smallest absolute Gasteiger partial charge is 0.225 e. The molecule has 0 radical (unpaired) electrons. The van der Waals surface area contributed by atoms with Gasteiger partial charge in [-0.1, -0.05) is 35.9 Å². The summed E-state index contributed by atoms with van der Waals surface area (Å²) in [6.45, 7) is 1.54. The Morgan fingerprint density at radius 3 is 2.82 bits per heavy atom. The number of nitrogens with zero attached hydrogens (tertiary/aromatic N) is 1. The topological polar surface area (TPSA) is 77.2 Å². The molecule has 1 aromatic carbocycles. The maximum atomic E-state index is 11.9. The van der Waals surface area contributed by atoms with Gasteiger partial charge in [-0.25, -0.2) is 4.98 Å². The van der Waals surface area contributed by atoms with Crippen LogP contribution < -0.4 is 11.1 Å². The fraction of sp³-hybridized carbons (Fsp3) is 0.375. The molecule has 3 rings (SSSR count). The van der Waals surface area contributed by atoms with Gasteiger partial charge in [0.25, 0.3) is 0 Å². The highest BCUT2D eigenvalue weighted by Gasteiger charge is 2.38. The van der Waals surface area contributed by atoms with Crippen molar-refractivity contribution >= 4 is 34.1 Å². The third kappa shape index (κ3) is 2.87. The maximum absolute atomic E-state index is 11.9. The third-order valence-electron chi connectivity index (χ3n) is 4.27. The molecule has 0 atom stereocenters. The second-order valence-corrected chi connectivity index (χ2v) is 5.99. The molecule has 0 bridgehead atoms. The molecule has 3 N–H and O–H groups in total. The molecule has 1 amide bonds. The molecule has 0 aliphatic carbocycles. The average Bonchev–Trinajstić information content (AvgIpc) is 2.54. The fourth-order valence-electron chi connectivity index (χ4n) is 2.78. The zero-order chi connectivity index (χ0) is 15.6. The molecule has 22 heavy (non-hydrogen) atoms. The molecule has 2 heterocycles. The van der Waals surface area contributed by atoms with E-state index in [0.717, 1.165) is 10.8 Å². The van der Waals surface area contributed by atoms with Crippen molar-refractivity contribution < 1.29 is 9.53 Å². The average molecular weight is 320 g/mol. The van der Waals surface area contributed by atoms with Gasteiger partial charge in [-0.05, 0) is 24.3 Å². The Labute approximate surface area is 133 Å². The van der Waals surface area contributed by atoms with Gasteiger partial charge in [0.05, 0.1) is 5.41 Å². The van der Waals surface area contributed by atoms with Crippen LogP contribution in [0.5, 0.6) is 0 Å². The largest absolute Gasteiger partial charge is 0.381 e. The Morgan fingerprint density at radius 1 is 1.36 bits per heavy atom. The number of primary amides is 1. The molecule has 6 heteroatoms. The number of halogens is 1. The molecule has 0 spiro atoms. The number of hydrogen-bond acceptors (Lipinski definition) is 4. The number of anilines is 1. The van der Waals surface area contributed by atoms with E-state index in [0.29, 0.717) is 43.6 Å². The standard InChI is InChI=1S/C16H18ClN3O2/c17-14-12-4-2-1-3-11(12)9-13(20-14)19-10-16(15(18)21)5-7-22-8-6-16/h1-4,9H,5-8,10H2,(H2,18,21)(H,19,20). The minimum atomic E-state index is -0.585. The van der Waals surface area contributed by atoms with Gasteiger partial charge in [0.2, 0.25) is 5.91 Å². The lowest BCUT2D eigenvalue weighted by Gasteiger charge is -2.34. The number of nitrogens with two attached hydrogens (primary N) is 1. The van der Waals surface area contributed by atoms with E-state index in [-0.39, 0.29) is 5.91 Å². The van der Waals surface area contributed by atoms with Crippen LogP contribution in [0.4, 0.5) is 5.82 Å². The molecule has 2 aromatic rings. The van der Waals surface area contributed by atoms with Crippen LogP contribution in [-0.4, -0.2) is 30.6 Å². The van der Waals surface area contributed by atoms with Crippen molar-refractivity contribution in [1.29, 1.82) is 0 Å². The van der Waals surface area contributed by atoms with Crippen molar-refractivity contribution in [3.63, 3.8) is 0 Å². The number of benzene rings is 1. The first-order valence-corrected chi connectivity index (χ1v) is 7.65. The third-order valence-corrected chi connectivity index (χ3v) is 4.56. The molecule has 1 aliphatic heterocycles. The molecule has 1 saturated heterocycles. The number of rotatable bonds is 4. The van der Waals surface area contributed by atoms with Crippen molar-refractivity contribution in [2.24, 2.45) is 11.1 Å². The highest BCUT2D eigenvalue weighted by molar-refractivity contribution is 6.34. The maximum Gasteiger partial charge on any atom is 0.225 e. The first kappa shape index (κ1) is 15.1. The Bertz CT molecular complexity index is 699. The highest BCUT2D eigenvalue weighted by atomic mass is 35.5. The Morgan fingerprint density at radius 2 is 2.09 bits per heavy atom. The van der Waals surface area contributed by atoms with Crippen LogP contribution in [-0.2, 0) is 9.53 Å². The van der Waals surface area contributed by atoms with Crippen LogP contribution >= 0.6 is 11.6 Å². The zero-order valence-electron chi connectivity index (χ0n) is 12.1. The fourth-order valence-corrected chi connectivity index (χ4v) is 3.04. The van der Waals surface area contributed by atoms with Crippen LogP contribution in [0.3, 0.4) is 0 Å². The number of aromatic nitrogens is 1. The summed E-state index contributed by atoms with van der Waals surface area (Å²) in [5.41, 5.74) is 5.02. The number of carbonyl (C=O) groups excluding carboxylic acids is 1. The van der Waals surface area contributed by atoms with Crippen LogP contribution in [0, 0.1) is 5.41 Å². The van der Waals surface area contributed by atoms with E-state index >= 15 is 0 Å². The predicted molar refractivity (Wildman–Crippen MR) is 86.9 cm³/mol. The van der Waals surface area contributed by atoms with Crippen LogP contribution in [0.15, 0.2) is 30.3 Å². The summed E-state index contributed by atoms with van der Waals surface area (Å²) in [5, 5.41) is 5.58. The lowest BCUT2D eigenvalue weighted by Crippen LogP contribution is -2.46. The predicted octanol–water partition coefficient (Wildman–Crippen LogP) is 2.58. The number of carbonyl (C=O) groups is 1. The number of amides is 1. The summed E-state index contributed by atoms with van der Waals surface area (Å²) < 4.78 is 5.33. The number of pyridine rings is 1. The van der Waals surface area contributed by atoms with E-state index in [1.54, 1.807) is 0 Å². The summed E-state index contributed by atoms with van der Waals surface area (Å²) in [7, 11) is 0. The van der Waals surface area contributed by atoms with E-state index in [2.05, 4.69) is 10.3 Å². The highest BCUT2D eigenvalue weighted by Crippen LogP contribution is 2.31. The van der Waals surface area contributed by atoms with E-state index in [9.17, 15) is 4.79 Å². The molecule has 5 nitrogen and oxygen atoms in total. The molecule has 0 saturated carbocycles. The summed E-state index contributed by atoms with van der Waals surface area (Å²) in [4.78, 5) is 16.2. The van der Waals surface area contributed by atoms with Crippen molar-refractivity contribution in [2.45, 2.75) is 12.8 Å². The molecule has 1 aromatic heterocycles. The summed E-state index contributed by atoms with van der Waals surface area (Å²) in [5.74, 6) is 0.353. The first-order chi connectivity index (χ1) is 10.6. The van der Waals surface area contributed by atoms with E-state index < -0.39 is 5.41 Å². The number of fused-ring (bicyclic) bond motifs is 1. The normalized spacial score (nSPS) is 17.3. The van der Waals surface area contributed by atoms with Crippen molar-refractivity contribution in [2.75, 3.05) is 25.1 Å². The molecule has 1 fully saturated rings. The summed E-state index contributed by atoms with van der Waals surface area (Å²) >= 11 is 6.22. The van der Waals surface area contributed by atoms with Gasteiger partial charge in [-0.15, -0.1) is 0 Å². The molecule has 116 valence electrons. The molecular weight excluding hydrogens is 302 g/mol. The minimum Gasteiger partial charge on any atom is -0.381 e. The SMILES string of the molecule is NC(=O)C1(CNc2cc3ccccc3c(Cl)n2)CCOCC1. The lowest BCUT2D eigenvalue weighted by molar-refractivity contribution is -0.132. The van der Waals surface area contributed by atoms with Crippen LogP contribution in [0.2, 0.25) is 5.15 Å². The second-order valence-electron chi connectivity index (χ2n) is 5.63. The van der Waals surface area contributed by atoms with Crippen molar-refractivity contribution in [3.05, 3.63) is 35.5 Å². The quantitative estimate of drug-likeness (QED) is 0.849. The monoisotopic (exact) mass is 319 g/mol. The van der Waals surface area contributed by atoms with Gasteiger partial charge < -0.3 is 15.8 Å². The van der Waals surface area contributed by atoms with Crippen molar-refractivity contribution in [1.82, 2.24) is 4.98 Å². The Hall–Kier alpha value is -1.85. The second kappa shape index (κ2) is 6.10. The van der Waals surface area contributed by atoms with E-state index in [4.69, 9.17) is 22.1 Å². The minimum absolute atomic E-state index is 0.296. The van der Waals surface area contributed by atoms with Gasteiger partial charge in [0.15, 0.2) is 0 Å².